The van der Waals surface area contributed by atoms with Crippen LogP contribution in [0.3, 0.4) is 0 Å². The molecule has 22 heteroatoms. The Kier molecular flexibility index (Phi) is 21.0. The summed E-state index contributed by atoms with van der Waals surface area (Å²) in [5.74, 6) is 5.04. The van der Waals surface area contributed by atoms with Crippen LogP contribution in [0.25, 0.3) is 19.4 Å². The molecule has 0 bridgehead atoms. The van der Waals surface area contributed by atoms with Gasteiger partial charge >= 0.3 is 28.5 Å². The lowest BCUT2D eigenvalue weighted by Gasteiger charge is -2.11. The lowest BCUT2D eigenvalue weighted by atomic mass is 9.79. The standard InChI is InChI=1S/2C16H14BNO3.2C15H13BN2O3.2CH4/c1-10-7-16(11(2)6-15(10)18-3)21-13-4-5-14-12(8-13)9-20-17(14)19;1-10-6-14(7-11(2)16(10)18-3)21-13-4-5-15-12(8-13)9-20-17(15)19;1-9-6-14(18-10(2)15(9)17-3)21-12-4-5-13-11(7-12)8-20-16(13)19;1-9-6-14(17-3)10(2)18-15(9)21-12-4-5-13-11(7-12)8-20-16(13)19;;/h2*4-8,19H,9H2,1-2H3;2*4-7,19H,8H2,1-2H3;2*1H4. The average molecular weight is 1150 g/mol. The normalized spacial score (nSPS) is 12.7. The van der Waals surface area contributed by atoms with Crippen molar-refractivity contribution in [2.75, 3.05) is 0 Å². The molecule has 18 nitrogen and oxygen atoms in total. The summed E-state index contributed by atoms with van der Waals surface area (Å²) in [5, 5.41) is 38.4. The smallest absolute Gasteiger partial charge is 0.457 e. The molecule has 0 saturated heterocycles. The fourth-order valence-electron chi connectivity index (χ4n) is 9.63. The Morgan fingerprint density at radius 2 is 0.791 bits per heavy atom. The molecule has 4 aliphatic rings. The minimum Gasteiger partial charge on any atom is -0.457 e. The predicted molar refractivity (Wildman–Crippen MR) is 333 cm³/mol. The summed E-state index contributed by atoms with van der Waals surface area (Å²) in [6, 6.07) is 32.7. The number of rotatable bonds is 8. The summed E-state index contributed by atoms with van der Waals surface area (Å²) in [7, 11) is -3.38. The van der Waals surface area contributed by atoms with Gasteiger partial charge < -0.3 is 57.7 Å². The number of aryl methyl sites for hydroxylation is 8. The van der Waals surface area contributed by atoms with E-state index in [0.29, 0.717) is 101 Å². The highest BCUT2D eigenvalue weighted by molar-refractivity contribution is 6.62. The Labute approximate surface area is 503 Å². The topological polar surface area (TPSA) is 198 Å². The van der Waals surface area contributed by atoms with E-state index in [1.807, 2.05) is 114 Å². The van der Waals surface area contributed by atoms with E-state index in [9.17, 15) is 20.1 Å². The molecule has 0 spiro atoms. The Morgan fingerprint density at radius 1 is 0.384 bits per heavy atom. The second-order valence-electron chi connectivity index (χ2n) is 20.2. The van der Waals surface area contributed by atoms with Crippen LogP contribution in [0.1, 0.15) is 81.9 Å². The van der Waals surface area contributed by atoms with Gasteiger partial charge in [-0.2, -0.15) is 0 Å². The Hall–Kier alpha value is -9.28. The monoisotopic (exact) mass is 1150 g/mol. The first-order valence-electron chi connectivity index (χ1n) is 26.4. The quantitative estimate of drug-likeness (QED) is 0.0828. The first-order chi connectivity index (χ1) is 40.3. The van der Waals surface area contributed by atoms with Crippen LogP contribution in [0.5, 0.6) is 46.3 Å². The van der Waals surface area contributed by atoms with Gasteiger partial charge in [-0.05, 0) is 212 Å². The van der Waals surface area contributed by atoms with Gasteiger partial charge in [-0.1, -0.05) is 39.1 Å². The van der Waals surface area contributed by atoms with Crippen molar-refractivity contribution in [3.8, 4) is 46.3 Å². The molecule has 0 amide bonds. The van der Waals surface area contributed by atoms with E-state index in [1.165, 1.54) is 0 Å². The maximum Gasteiger partial charge on any atom is 0.491 e. The molecule has 0 atom stereocenters. The van der Waals surface area contributed by atoms with E-state index < -0.39 is 28.5 Å². The Bertz CT molecular complexity index is 3740. The fourth-order valence-corrected chi connectivity index (χ4v) is 9.63. The molecule has 6 heterocycles. The third-order valence-electron chi connectivity index (χ3n) is 14.1. The van der Waals surface area contributed by atoms with Crippen LogP contribution in [-0.4, -0.2) is 58.5 Å². The van der Waals surface area contributed by atoms with Gasteiger partial charge in [0.05, 0.1) is 52.7 Å². The zero-order valence-corrected chi connectivity index (χ0v) is 47.3. The highest BCUT2D eigenvalue weighted by Gasteiger charge is 2.30. The third kappa shape index (κ3) is 14.6. The van der Waals surface area contributed by atoms with Crippen LogP contribution in [-0.2, 0) is 45.0 Å². The number of ether oxygens (including phenoxy) is 4. The minimum atomic E-state index is -0.853. The van der Waals surface area contributed by atoms with Gasteiger partial charge in [0.25, 0.3) is 0 Å². The molecule has 0 fully saturated rings. The van der Waals surface area contributed by atoms with E-state index in [4.69, 9.17) is 63.9 Å². The van der Waals surface area contributed by atoms with Gasteiger partial charge in [-0.3, -0.25) is 0 Å². The number of aromatic nitrogens is 2. The molecule has 4 aliphatic heterocycles. The summed E-state index contributed by atoms with van der Waals surface area (Å²) in [4.78, 5) is 22.5. The van der Waals surface area contributed by atoms with Crippen molar-refractivity contribution >= 4 is 73.1 Å². The molecule has 8 aromatic rings. The molecule has 0 unspecified atom stereocenters. The van der Waals surface area contributed by atoms with Crippen LogP contribution < -0.4 is 40.8 Å². The summed E-state index contributed by atoms with van der Waals surface area (Å²) in [6.45, 7) is 44.9. The van der Waals surface area contributed by atoms with Crippen molar-refractivity contribution in [3.63, 3.8) is 0 Å². The van der Waals surface area contributed by atoms with Gasteiger partial charge in [-0.15, -0.1) is 0 Å². The van der Waals surface area contributed by atoms with Crippen molar-refractivity contribution < 1.29 is 57.7 Å². The van der Waals surface area contributed by atoms with E-state index in [0.717, 1.165) is 83.2 Å². The molecule has 0 saturated carbocycles. The van der Waals surface area contributed by atoms with E-state index in [-0.39, 0.29) is 14.9 Å². The highest BCUT2D eigenvalue weighted by Crippen LogP contribution is 2.35. The van der Waals surface area contributed by atoms with Crippen molar-refractivity contribution in [1.29, 1.82) is 0 Å². The summed E-state index contributed by atoms with van der Waals surface area (Å²) in [6.07, 6.45) is 0. The molecule has 6 aromatic carbocycles. The zero-order chi connectivity index (χ0) is 59.9. The molecule has 4 N–H and O–H groups in total. The molecule has 0 radical (unpaired) electrons. The van der Waals surface area contributed by atoms with Crippen molar-refractivity contribution in [3.05, 3.63) is 222 Å². The van der Waals surface area contributed by atoms with E-state index >= 15 is 0 Å². The molecular formula is C64H62B4N6O12. The van der Waals surface area contributed by atoms with Crippen LogP contribution in [0.4, 0.5) is 22.7 Å². The van der Waals surface area contributed by atoms with Crippen molar-refractivity contribution in [1.82, 2.24) is 9.97 Å². The molecular weight excluding hydrogens is 1090 g/mol. The zero-order valence-electron chi connectivity index (χ0n) is 47.3. The van der Waals surface area contributed by atoms with Gasteiger partial charge in [-0.25, -0.2) is 29.3 Å². The SMILES string of the molecule is C.C.[C-]#[N+]c1c(C)cc(Oc2ccc3c(c2)COB3O)cc1C.[C-]#[N+]c1c(C)cc(Oc2ccc3c(c2)COB3O)nc1C.[C-]#[N+]c1cc(C)c(Oc2ccc3c(c2)COB3O)cc1C.[C-]#[N+]c1cc(C)c(Oc2ccc3c(c2)COB3O)nc1C. The minimum absolute atomic E-state index is 0. The summed E-state index contributed by atoms with van der Waals surface area (Å²) < 4.78 is 44.0. The first kappa shape index (κ1) is 64.3. The Morgan fingerprint density at radius 3 is 1.22 bits per heavy atom. The number of pyridine rings is 2. The van der Waals surface area contributed by atoms with Gasteiger partial charge in [0.15, 0.2) is 11.4 Å². The maximum atomic E-state index is 9.61. The van der Waals surface area contributed by atoms with Crippen LogP contribution in [0.15, 0.2) is 109 Å². The van der Waals surface area contributed by atoms with Crippen molar-refractivity contribution in [2.24, 2.45) is 0 Å². The van der Waals surface area contributed by atoms with Crippen LogP contribution in [0, 0.1) is 81.7 Å². The maximum absolute atomic E-state index is 9.61. The van der Waals surface area contributed by atoms with Gasteiger partial charge in [0.2, 0.25) is 23.1 Å². The molecule has 2 aromatic heterocycles. The largest absolute Gasteiger partial charge is 0.491 e. The third-order valence-corrected chi connectivity index (χ3v) is 14.1. The molecule has 86 heavy (non-hydrogen) atoms. The number of hydrogen-bond donors (Lipinski definition) is 4. The molecule has 432 valence electrons. The van der Waals surface area contributed by atoms with Gasteiger partial charge in [0, 0.05) is 17.0 Å². The number of benzene rings is 6. The predicted octanol–water partition coefficient (Wildman–Crippen LogP) is 11.5. The lowest BCUT2D eigenvalue weighted by molar-refractivity contribution is 0.274. The summed E-state index contributed by atoms with van der Waals surface area (Å²) in [5.41, 5.74) is 15.8. The highest BCUT2D eigenvalue weighted by atomic mass is 16.5. The summed E-state index contributed by atoms with van der Waals surface area (Å²) >= 11 is 0. The lowest BCUT2D eigenvalue weighted by Crippen LogP contribution is -2.27. The number of hydrogen-bond acceptors (Lipinski definition) is 14. The number of fused-ring (bicyclic) bond motifs is 4. The van der Waals surface area contributed by atoms with Crippen molar-refractivity contribution in [2.45, 2.75) is 96.7 Å². The molecule has 12 rings (SSSR count). The van der Waals surface area contributed by atoms with E-state index in [1.54, 1.807) is 50.2 Å². The second-order valence-corrected chi connectivity index (χ2v) is 20.2. The van der Waals surface area contributed by atoms with Crippen LogP contribution in [0.2, 0.25) is 0 Å². The van der Waals surface area contributed by atoms with E-state index in [2.05, 4.69) is 29.3 Å². The average Bonchev–Trinajstić information content (AvgIpc) is 4.36. The first-order valence-corrected chi connectivity index (χ1v) is 26.4. The van der Waals surface area contributed by atoms with Gasteiger partial charge in [0.1, 0.15) is 34.5 Å². The second kappa shape index (κ2) is 28.1. The van der Waals surface area contributed by atoms with Crippen LogP contribution >= 0.6 is 0 Å². The fraction of sp³-hybridized carbons (Fsp3) is 0.219. The Balaban J connectivity index is 0.000000163. The number of nitrogens with zero attached hydrogens (tertiary/aromatic N) is 6. The molecule has 0 aliphatic carbocycles.